The number of aliphatic hydroxyl groups is 1. The Morgan fingerprint density at radius 1 is 0.783 bits per heavy atom. The molecule has 2 N–H and O–H groups in total. The van der Waals surface area contributed by atoms with Gasteiger partial charge in [-0.3, -0.25) is 4.79 Å². The molecule has 242 valence electrons. The number of rotatable bonds is 8. The summed E-state index contributed by atoms with van der Waals surface area (Å²) in [5.41, 5.74) is 11.2. The Balaban J connectivity index is 0.000000281. The molecule has 0 aliphatic rings. The van der Waals surface area contributed by atoms with E-state index in [0.29, 0.717) is 6.54 Å². The molecule has 12 nitrogen and oxygen atoms in total. The van der Waals surface area contributed by atoms with Crippen molar-refractivity contribution in [1.82, 2.24) is 25.7 Å². The second-order valence-electron chi connectivity index (χ2n) is 12.1. The van der Waals surface area contributed by atoms with Gasteiger partial charge in [-0.15, -0.1) is 0 Å². The number of carbonyl (C=O) groups is 2. The van der Waals surface area contributed by atoms with E-state index >= 15 is 0 Å². The Hall–Kier alpha value is -5.19. The van der Waals surface area contributed by atoms with Gasteiger partial charge in [0, 0.05) is 42.1 Å². The minimum Gasteiger partial charge on any atom is -0.444 e. The monoisotopic (exact) mass is 626 g/mol. The van der Waals surface area contributed by atoms with Crippen molar-refractivity contribution in [2.24, 2.45) is 5.11 Å². The summed E-state index contributed by atoms with van der Waals surface area (Å²) in [4.78, 5) is 25.9. The highest BCUT2D eigenvalue weighted by Crippen LogP contribution is 2.27. The molecule has 0 aliphatic heterocycles. The van der Waals surface area contributed by atoms with Crippen LogP contribution in [0.5, 0.6) is 0 Å². The Morgan fingerprint density at radius 2 is 1.24 bits per heavy atom. The molecule has 0 radical (unpaired) electrons. The molecular formula is C34H42N8O4. The van der Waals surface area contributed by atoms with Crippen LogP contribution in [0.3, 0.4) is 0 Å². The quantitative estimate of drug-likeness (QED) is 0.123. The zero-order chi connectivity index (χ0) is 34.0. The van der Waals surface area contributed by atoms with E-state index in [1.54, 1.807) is 51.6 Å². The molecule has 0 saturated carbocycles. The summed E-state index contributed by atoms with van der Waals surface area (Å²) < 4.78 is 5.28. The van der Waals surface area contributed by atoms with Crippen LogP contribution < -0.4 is 5.32 Å². The lowest BCUT2D eigenvalue weighted by Gasteiger charge is -2.22. The third-order valence-corrected chi connectivity index (χ3v) is 5.81. The highest BCUT2D eigenvalue weighted by Gasteiger charge is 2.20. The lowest BCUT2D eigenvalue weighted by Crippen LogP contribution is -2.35. The zero-order valence-corrected chi connectivity index (χ0v) is 27.1. The van der Waals surface area contributed by atoms with Crippen LogP contribution in [0, 0.1) is 0 Å². The predicted octanol–water partition coefficient (Wildman–Crippen LogP) is 6.75. The molecule has 2 atom stereocenters. The van der Waals surface area contributed by atoms with E-state index in [1.165, 1.54) is 0 Å². The molecule has 2 aromatic carbocycles. The zero-order valence-electron chi connectivity index (χ0n) is 27.1. The molecule has 0 bridgehead atoms. The third kappa shape index (κ3) is 15.5. The maximum Gasteiger partial charge on any atom is 0.407 e. The van der Waals surface area contributed by atoms with Gasteiger partial charge in [-0.25, -0.2) is 4.79 Å². The van der Waals surface area contributed by atoms with Crippen LogP contribution in [0.25, 0.3) is 10.4 Å². The maximum atomic E-state index is 11.9. The number of hydrogen-bond donors (Lipinski definition) is 2. The number of nitrogens with zero attached hydrogens (tertiary/aromatic N) is 7. The fourth-order valence-corrected chi connectivity index (χ4v) is 4.01. The molecule has 0 fully saturated rings. The number of nitrogens with one attached hydrogen (secondary N) is 1. The summed E-state index contributed by atoms with van der Waals surface area (Å²) in [5.74, 6) is -0.674. The SMILES string of the molecule is CC(C)(C)O.CC(C)(C)OC(=O)NCC(c1ccccc1)c1ccnnc1.[N-]=[N+]=NC(=O)CC(c1ccccc1)c1ccnnc1. The van der Waals surface area contributed by atoms with Crippen molar-refractivity contribution >= 4 is 12.0 Å². The van der Waals surface area contributed by atoms with Gasteiger partial charge >= 0.3 is 6.09 Å². The van der Waals surface area contributed by atoms with Gasteiger partial charge in [-0.2, -0.15) is 20.4 Å². The number of aromatic nitrogens is 4. The fourth-order valence-electron chi connectivity index (χ4n) is 4.01. The highest BCUT2D eigenvalue weighted by atomic mass is 16.6. The van der Waals surface area contributed by atoms with Crippen LogP contribution in [0.15, 0.2) is 103 Å². The Bertz CT molecular complexity index is 1420. The van der Waals surface area contributed by atoms with E-state index in [9.17, 15) is 9.59 Å². The topological polar surface area (TPSA) is 176 Å². The minimum absolute atomic E-state index is 0.00391. The molecule has 0 aliphatic carbocycles. The first kappa shape index (κ1) is 37.0. The smallest absolute Gasteiger partial charge is 0.407 e. The van der Waals surface area contributed by atoms with Crippen molar-refractivity contribution in [1.29, 1.82) is 0 Å². The predicted molar refractivity (Wildman–Crippen MR) is 176 cm³/mol. The summed E-state index contributed by atoms with van der Waals surface area (Å²) in [6.45, 7) is 11.2. The van der Waals surface area contributed by atoms with Crippen LogP contribution in [0.2, 0.25) is 0 Å². The van der Waals surface area contributed by atoms with Gasteiger partial charge in [0.1, 0.15) is 5.60 Å². The normalized spacial score (nSPS) is 12.0. The van der Waals surface area contributed by atoms with E-state index < -0.39 is 23.2 Å². The van der Waals surface area contributed by atoms with Crippen molar-refractivity contribution in [2.75, 3.05) is 6.54 Å². The summed E-state index contributed by atoms with van der Waals surface area (Å²) in [5, 5.41) is 29.7. The van der Waals surface area contributed by atoms with Gasteiger partial charge < -0.3 is 15.2 Å². The molecule has 4 aromatic rings. The molecule has 46 heavy (non-hydrogen) atoms. The molecule has 12 heteroatoms. The number of hydrogen-bond acceptors (Lipinski definition) is 8. The summed E-state index contributed by atoms with van der Waals surface area (Å²) in [7, 11) is 0. The Morgan fingerprint density at radius 3 is 1.65 bits per heavy atom. The van der Waals surface area contributed by atoms with Gasteiger partial charge in [0.15, 0.2) is 0 Å². The highest BCUT2D eigenvalue weighted by molar-refractivity contribution is 5.78. The number of amides is 2. The first-order valence-electron chi connectivity index (χ1n) is 14.7. The molecule has 0 saturated heterocycles. The van der Waals surface area contributed by atoms with Crippen molar-refractivity contribution in [3.05, 3.63) is 130 Å². The van der Waals surface area contributed by atoms with Gasteiger partial charge in [0.05, 0.1) is 18.0 Å². The van der Waals surface area contributed by atoms with Gasteiger partial charge in [-0.05, 0) is 86.6 Å². The van der Waals surface area contributed by atoms with Gasteiger partial charge in [0.2, 0.25) is 5.91 Å². The van der Waals surface area contributed by atoms with E-state index in [4.69, 9.17) is 15.4 Å². The van der Waals surface area contributed by atoms with E-state index in [-0.39, 0.29) is 18.3 Å². The minimum atomic E-state index is -0.509. The molecule has 4 rings (SSSR count). The van der Waals surface area contributed by atoms with Crippen LogP contribution in [-0.4, -0.2) is 55.2 Å². The van der Waals surface area contributed by atoms with Crippen molar-refractivity contribution in [2.45, 2.75) is 71.0 Å². The fraction of sp³-hybridized carbons (Fsp3) is 0.353. The Kier molecular flexibility index (Phi) is 14.9. The lowest BCUT2D eigenvalue weighted by molar-refractivity contribution is -0.118. The number of ether oxygens (including phenoxy) is 1. The molecule has 2 aromatic heterocycles. The average Bonchev–Trinajstić information content (AvgIpc) is 3.01. The van der Waals surface area contributed by atoms with E-state index in [1.807, 2.05) is 87.5 Å². The standard InChI is InChI=1S/C17H21N3O2.C13H11N5O.C4H10O/c1-17(2,3)22-16(21)18-12-15(13-7-5-4-6-8-13)14-9-10-19-20-11-14;14-18-17-13(19)8-12(10-4-2-1-3-5-10)11-6-7-15-16-9-11;1-4(2,3)5/h4-11,15H,12H2,1-3H3,(H,18,21);1-7,9,12H,8H2;5H,1-3H3. The van der Waals surface area contributed by atoms with Gasteiger partial charge in [-0.1, -0.05) is 60.7 Å². The van der Waals surface area contributed by atoms with Crippen molar-refractivity contribution in [3.8, 4) is 0 Å². The summed E-state index contributed by atoms with van der Waals surface area (Å²) in [6.07, 6.45) is 6.24. The number of azide groups is 1. The first-order valence-corrected chi connectivity index (χ1v) is 14.7. The average molecular weight is 627 g/mol. The van der Waals surface area contributed by atoms with Crippen LogP contribution in [-0.2, 0) is 9.53 Å². The van der Waals surface area contributed by atoms with Gasteiger partial charge in [0.25, 0.3) is 0 Å². The number of alkyl carbamates (subject to hydrolysis) is 1. The molecule has 2 heterocycles. The molecule has 2 amide bonds. The lowest BCUT2D eigenvalue weighted by atomic mass is 9.89. The largest absolute Gasteiger partial charge is 0.444 e. The molecule has 0 spiro atoms. The van der Waals surface area contributed by atoms with E-state index in [0.717, 1.165) is 22.3 Å². The first-order chi connectivity index (χ1) is 21.8. The summed E-state index contributed by atoms with van der Waals surface area (Å²) in [6, 6.07) is 23.2. The maximum absolute atomic E-state index is 11.9. The van der Waals surface area contributed by atoms with Crippen LogP contribution in [0.4, 0.5) is 4.79 Å². The van der Waals surface area contributed by atoms with Crippen molar-refractivity contribution in [3.63, 3.8) is 0 Å². The second kappa shape index (κ2) is 18.6. The molecular weight excluding hydrogens is 584 g/mol. The number of benzene rings is 2. The Labute approximate surface area is 269 Å². The second-order valence-corrected chi connectivity index (χ2v) is 12.1. The number of carbonyl (C=O) groups excluding carboxylic acids is 2. The summed E-state index contributed by atoms with van der Waals surface area (Å²) >= 11 is 0. The van der Waals surface area contributed by atoms with Crippen molar-refractivity contribution < 1.29 is 19.4 Å². The van der Waals surface area contributed by atoms with E-state index in [2.05, 4.69) is 35.7 Å². The van der Waals surface area contributed by atoms with Crippen LogP contribution in [0.1, 0.15) is 82.1 Å². The molecule has 2 unspecified atom stereocenters. The van der Waals surface area contributed by atoms with Crippen LogP contribution >= 0.6 is 0 Å². The third-order valence-electron chi connectivity index (χ3n) is 5.81.